The molecule has 4 nitrogen and oxygen atoms in total. The van der Waals surface area contributed by atoms with Crippen molar-refractivity contribution in [3.63, 3.8) is 0 Å². The Balaban J connectivity index is 1.99. The van der Waals surface area contributed by atoms with E-state index in [4.69, 9.17) is 0 Å². The first-order valence-electron chi connectivity index (χ1n) is 9.05. The van der Waals surface area contributed by atoms with Crippen LogP contribution in [0.3, 0.4) is 0 Å². The smallest absolute Gasteiger partial charge is 0.337 e. The molecule has 1 N–H and O–H groups in total. The van der Waals surface area contributed by atoms with E-state index in [0.717, 1.165) is 42.1 Å². The predicted octanol–water partition coefficient (Wildman–Crippen LogP) is 4.53. The molecule has 0 amide bonds. The second kappa shape index (κ2) is 6.68. The predicted molar refractivity (Wildman–Crippen MR) is 100 cm³/mol. The van der Waals surface area contributed by atoms with E-state index in [0.29, 0.717) is 17.7 Å². The molecule has 0 spiro atoms. The van der Waals surface area contributed by atoms with Crippen LogP contribution in [0.1, 0.15) is 52.0 Å². The van der Waals surface area contributed by atoms with Gasteiger partial charge in [-0.2, -0.15) is 5.26 Å². The fourth-order valence-corrected chi connectivity index (χ4v) is 4.15. The summed E-state index contributed by atoms with van der Waals surface area (Å²) in [4.78, 5) is 11.9. The van der Waals surface area contributed by atoms with Crippen LogP contribution in [0.4, 0.5) is 0 Å². The van der Waals surface area contributed by atoms with E-state index in [9.17, 15) is 15.2 Å². The van der Waals surface area contributed by atoms with Gasteiger partial charge in [0, 0.05) is 17.6 Å². The van der Waals surface area contributed by atoms with E-state index in [1.807, 2.05) is 36.4 Å². The van der Waals surface area contributed by atoms with E-state index in [1.54, 1.807) is 6.07 Å². The number of aromatic carboxylic acids is 1. The van der Waals surface area contributed by atoms with Crippen molar-refractivity contribution in [3.8, 4) is 6.07 Å². The molecule has 26 heavy (non-hydrogen) atoms. The van der Waals surface area contributed by atoms with Gasteiger partial charge in [-0.05, 0) is 48.9 Å². The van der Waals surface area contributed by atoms with E-state index in [2.05, 4.69) is 10.6 Å². The van der Waals surface area contributed by atoms with Crippen LogP contribution in [-0.4, -0.2) is 15.6 Å². The number of para-hydroxylation sites is 1. The number of carboxylic acids is 1. The number of rotatable bonds is 3. The summed E-state index contributed by atoms with van der Waals surface area (Å²) >= 11 is 0. The van der Waals surface area contributed by atoms with Gasteiger partial charge in [0.2, 0.25) is 0 Å². The highest BCUT2D eigenvalue weighted by molar-refractivity contribution is 6.04. The number of nitriles is 1. The van der Waals surface area contributed by atoms with E-state index < -0.39 is 5.97 Å². The second-order valence-electron chi connectivity index (χ2n) is 6.85. The summed E-state index contributed by atoms with van der Waals surface area (Å²) in [5, 5.41) is 20.2. The van der Waals surface area contributed by atoms with Crippen molar-refractivity contribution in [2.45, 2.75) is 38.6 Å². The Kier molecular flexibility index (Phi) is 4.22. The summed E-state index contributed by atoms with van der Waals surface area (Å²) in [6.45, 7) is 0.528. The lowest BCUT2D eigenvalue weighted by molar-refractivity contribution is 0.0698. The van der Waals surface area contributed by atoms with Crippen molar-refractivity contribution in [2.24, 2.45) is 0 Å². The van der Waals surface area contributed by atoms with E-state index in [-0.39, 0.29) is 0 Å². The van der Waals surface area contributed by atoms with Gasteiger partial charge in [-0.1, -0.05) is 36.8 Å². The minimum atomic E-state index is -0.905. The highest BCUT2D eigenvalue weighted by Crippen LogP contribution is 2.34. The monoisotopic (exact) mass is 344 g/mol. The van der Waals surface area contributed by atoms with Crippen LogP contribution in [-0.2, 0) is 19.4 Å². The highest BCUT2D eigenvalue weighted by Gasteiger charge is 2.23. The first-order valence-corrected chi connectivity index (χ1v) is 9.05. The molecule has 0 saturated heterocycles. The lowest BCUT2D eigenvalue weighted by atomic mass is 10.0. The van der Waals surface area contributed by atoms with Crippen molar-refractivity contribution in [2.75, 3.05) is 0 Å². The molecule has 1 heterocycles. The maximum atomic E-state index is 11.9. The Morgan fingerprint density at radius 2 is 1.88 bits per heavy atom. The number of carbonyl (C=O) groups is 1. The molecular formula is C22H20N2O2. The molecule has 130 valence electrons. The van der Waals surface area contributed by atoms with Crippen LogP contribution >= 0.6 is 0 Å². The fourth-order valence-electron chi connectivity index (χ4n) is 4.15. The number of fused-ring (bicyclic) bond motifs is 3. The van der Waals surface area contributed by atoms with Gasteiger partial charge >= 0.3 is 5.97 Å². The van der Waals surface area contributed by atoms with Crippen LogP contribution in [0, 0.1) is 11.3 Å². The van der Waals surface area contributed by atoms with Crippen LogP contribution in [0.5, 0.6) is 0 Å². The van der Waals surface area contributed by atoms with Crippen molar-refractivity contribution in [3.05, 3.63) is 70.4 Å². The van der Waals surface area contributed by atoms with Gasteiger partial charge < -0.3 is 9.67 Å². The number of nitrogens with zero attached hydrogens (tertiary/aromatic N) is 2. The Morgan fingerprint density at radius 3 is 2.69 bits per heavy atom. The average Bonchev–Trinajstić information content (AvgIpc) is 2.81. The Labute approximate surface area is 152 Å². The standard InChI is InChI=1S/C22H20N2O2/c23-13-15-7-4-5-8-16(15)14-24-20-12-3-1-2-9-17(20)18-10-6-11-19(21(18)24)22(25)26/h4-8,10-11H,1-3,9,12,14H2,(H,25,26). The first-order chi connectivity index (χ1) is 12.7. The summed E-state index contributed by atoms with van der Waals surface area (Å²) < 4.78 is 2.15. The molecule has 0 fully saturated rings. The summed E-state index contributed by atoms with van der Waals surface area (Å²) in [5.74, 6) is -0.905. The van der Waals surface area contributed by atoms with Gasteiger partial charge in [0.25, 0.3) is 0 Å². The van der Waals surface area contributed by atoms with Crippen molar-refractivity contribution >= 4 is 16.9 Å². The van der Waals surface area contributed by atoms with Crippen LogP contribution < -0.4 is 0 Å². The number of hydrogen-bond acceptors (Lipinski definition) is 2. The Bertz CT molecular complexity index is 1040. The molecule has 0 radical (unpaired) electrons. The van der Waals surface area contributed by atoms with Gasteiger partial charge in [0.15, 0.2) is 0 Å². The van der Waals surface area contributed by atoms with Crippen LogP contribution in [0.15, 0.2) is 42.5 Å². The molecule has 0 atom stereocenters. The van der Waals surface area contributed by atoms with Crippen molar-refractivity contribution < 1.29 is 9.90 Å². The average molecular weight is 344 g/mol. The number of benzene rings is 2. The van der Waals surface area contributed by atoms with Gasteiger partial charge in [0.05, 0.1) is 22.7 Å². The second-order valence-corrected chi connectivity index (χ2v) is 6.85. The molecule has 1 aromatic heterocycles. The maximum Gasteiger partial charge on any atom is 0.337 e. The maximum absolute atomic E-state index is 11.9. The summed E-state index contributed by atoms with van der Waals surface area (Å²) in [7, 11) is 0. The number of aryl methyl sites for hydroxylation is 1. The summed E-state index contributed by atoms with van der Waals surface area (Å²) in [6, 6.07) is 15.4. The minimum Gasteiger partial charge on any atom is -0.478 e. The van der Waals surface area contributed by atoms with E-state index >= 15 is 0 Å². The molecule has 2 aromatic carbocycles. The SMILES string of the molecule is N#Cc1ccccc1Cn1c2c(c3cccc(C(=O)O)c31)CCCCC2. The number of aromatic nitrogens is 1. The minimum absolute atomic E-state index is 0.338. The third-order valence-electron chi connectivity index (χ3n) is 5.34. The molecular weight excluding hydrogens is 324 g/mol. The molecule has 3 aromatic rings. The van der Waals surface area contributed by atoms with Crippen LogP contribution in [0.2, 0.25) is 0 Å². The molecule has 0 bridgehead atoms. The quantitative estimate of drug-likeness (QED) is 0.710. The molecule has 0 saturated carbocycles. The lowest BCUT2D eigenvalue weighted by Crippen LogP contribution is -2.09. The molecule has 0 unspecified atom stereocenters. The molecule has 4 rings (SSSR count). The summed E-state index contributed by atoms with van der Waals surface area (Å²) in [5.41, 5.74) is 5.22. The number of hydrogen-bond donors (Lipinski definition) is 1. The lowest BCUT2D eigenvalue weighted by Gasteiger charge is -2.13. The zero-order chi connectivity index (χ0) is 18.1. The third-order valence-corrected chi connectivity index (χ3v) is 5.34. The molecule has 0 aliphatic heterocycles. The van der Waals surface area contributed by atoms with Crippen molar-refractivity contribution in [1.82, 2.24) is 4.57 Å². The number of carboxylic acid groups (broad SMARTS) is 1. The highest BCUT2D eigenvalue weighted by atomic mass is 16.4. The van der Waals surface area contributed by atoms with E-state index in [1.165, 1.54) is 17.7 Å². The van der Waals surface area contributed by atoms with Crippen LogP contribution in [0.25, 0.3) is 10.9 Å². The molecule has 1 aliphatic rings. The Hall–Kier alpha value is -3.06. The van der Waals surface area contributed by atoms with Gasteiger partial charge in [-0.25, -0.2) is 4.79 Å². The third kappa shape index (κ3) is 2.66. The van der Waals surface area contributed by atoms with Crippen molar-refractivity contribution in [1.29, 1.82) is 5.26 Å². The summed E-state index contributed by atoms with van der Waals surface area (Å²) in [6.07, 6.45) is 5.40. The largest absolute Gasteiger partial charge is 0.478 e. The molecule has 1 aliphatic carbocycles. The zero-order valence-electron chi connectivity index (χ0n) is 14.5. The normalized spacial score (nSPS) is 13.8. The van der Waals surface area contributed by atoms with Gasteiger partial charge in [-0.3, -0.25) is 0 Å². The molecule has 4 heteroatoms. The first kappa shape index (κ1) is 16.4. The topological polar surface area (TPSA) is 66.0 Å². The fraction of sp³-hybridized carbons (Fsp3) is 0.273. The van der Waals surface area contributed by atoms with Gasteiger partial charge in [0.1, 0.15) is 0 Å². The van der Waals surface area contributed by atoms with Gasteiger partial charge in [-0.15, -0.1) is 0 Å². The Morgan fingerprint density at radius 1 is 1.08 bits per heavy atom. The zero-order valence-corrected chi connectivity index (χ0v) is 14.5.